The van der Waals surface area contributed by atoms with Crippen LogP contribution in [0.3, 0.4) is 0 Å². The monoisotopic (exact) mass is 526 g/mol. The second kappa shape index (κ2) is 12.9. The molecule has 3 aromatic rings. The molecule has 1 aliphatic heterocycles. The van der Waals surface area contributed by atoms with Gasteiger partial charge >= 0.3 is 5.97 Å². The van der Waals surface area contributed by atoms with E-state index in [0.717, 1.165) is 40.8 Å². The molecule has 0 N–H and O–H groups in total. The van der Waals surface area contributed by atoms with E-state index in [4.69, 9.17) is 16.3 Å². The molecule has 0 aliphatic carbocycles. The summed E-state index contributed by atoms with van der Waals surface area (Å²) in [5.74, 6) is 1.24. The van der Waals surface area contributed by atoms with Crippen LogP contribution >= 0.6 is 23.4 Å². The maximum Gasteiger partial charge on any atom is 0.310 e. The molecule has 9 heteroatoms. The smallest absolute Gasteiger partial charge is 0.310 e. The number of carbonyl (C=O) groups is 2. The first-order valence-corrected chi connectivity index (χ1v) is 13.7. The van der Waals surface area contributed by atoms with Crippen molar-refractivity contribution >= 4 is 35.2 Å². The molecule has 2 heterocycles. The van der Waals surface area contributed by atoms with Crippen molar-refractivity contribution in [2.75, 3.05) is 25.4 Å². The fourth-order valence-electron chi connectivity index (χ4n) is 4.36. The van der Waals surface area contributed by atoms with E-state index in [0.29, 0.717) is 44.0 Å². The van der Waals surface area contributed by atoms with Crippen molar-refractivity contribution in [3.8, 4) is 5.69 Å². The second-order valence-corrected chi connectivity index (χ2v) is 10.3. The van der Waals surface area contributed by atoms with Crippen molar-refractivity contribution in [3.05, 3.63) is 71.0 Å². The molecule has 2 aromatic carbocycles. The van der Waals surface area contributed by atoms with Gasteiger partial charge in [0.15, 0.2) is 5.16 Å². The minimum Gasteiger partial charge on any atom is -0.466 e. The van der Waals surface area contributed by atoms with Gasteiger partial charge in [0.1, 0.15) is 5.82 Å². The van der Waals surface area contributed by atoms with Gasteiger partial charge in [-0.3, -0.25) is 14.2 Å². The van der Waals surface area contributed by atoms with Crippen molar-refractivity contribution in [1.29, 1.82) is 0 Å². The molecule has 1 atom stereocenters. The van der Waals surface area contributed by atoms with Crippen LogP contribution in [0.1, 0.15) is 44.0 Å². The van der Waals surface area contributed by atoms with Crippen LogP contribution in [0.2, 0.25) is 5.02 Å². The molecule has 0 radical (unpaired) electrons. The van der Waals surface area contributed by atoms with E-state index >= 15 is 0 Å². The van der Waals surface area contributed by atoms with Gasteiger partial charge in [0.2, 0.25) is 5.91 Å². The summed E-state index contributed by atoms with van der Waals surface area (Å²) in [6.45, 7) is 3.33. The van der Waals surface area contributed by atoms with Crippen molar-refractivity contribution in [1.82, 2.24) is 19.7 Å². The van der Waals surface area contributed by atoms with Gasteiger partial charge in [0.25, 0.3) is 0 Å². The molecule has 7 nitrogen and oxygen atoms in total. The fraction of sp³-hybridized carbons (Fsp3) is 0.407. The molecule has 190 valence electrons. The third kappa shape index (κ3) is 6.89. The Morgan fingerprint density at radius 2 is 1.97 bits per heavy atom. The second-order valence-electron chi connectivity index (χ2n) is 8.76. The lowest BCUT2D eigenvalue weighted by molar-refractivity contribution is -0.151. The third-order valence-electron chi connectivity index (χ3n) is 6.13. The van der Waals surface area contributed by atoms with Crippen LogP contribution < -0.4 is 0 Å². The van der Waals surface area contributed by atoms with Crippen LogP contribution in [0.15, 0.2) is 59.8 Å². The van der Waals surface area contributed by atoms with E-state index in [2.05, 4.69) is 22.3 Å². The Bertz CT molecular complexity index is 1170. The van der Waals surface area contributed by atoms with Gasteiger partial charge in [-0.2, -0.15) is 0 Å². The average molecular weight is 527 g/mol. The number of hydrogen-bond donors (Lipinski definition) is 0. The van der Waals surface area contributed by atoms with Crippen molar-refractivity contribution in [2.45, 2.75) is 44.2 Å². The molecule has 4 rings (SSSR count). The summed E-state index contributed by atoms with van der Waals surface area (Å²) in [6.07, 6.45) is 3.40. The quantitative estimate of drug-likeness (QED) is 0.206. The summed E-state index contributed by atoms with van der Waals surface area (Å²) in [5.41, 5.74) is 2.06. The van der Waals surface area contributed by atoms with Crippen LogP contribution in [0, 0.1) is 5.92 Å². The van der Waals surface area contributed by atoms with Crippen LogP contribution in [0.4, 0.5) is 0 Å². The molecule has 1 unspecified atom stereocenters. The normalized spacial score (nSPS) is 15.6. The minimum absolute atomic E-state index is 0.0886. The van der Waals surface area contributed by atoms with E-state index in [-0.39, 0.29) is 17.8 Å². The Kier molecular flexibility index (Phi) is 9.41. The number of esters is 1. The molecule has 36 heavy (non-hydrogen) atoms. The standard InChI is InChI=1S/C27H31ClN4O3S/c1-2-35-26(34)21-11-7-15-31(19-21)25(33)14-8-16-36-27-30-29-24(17-20-9-4-3-5-10-20)32(27)23-13-6-12-22(28)18-23/h3-6,9-10,12-13,18,21H,2,7-8,11,14-17,19H2,1H3. The van der Waals surface area contributed by atoms with E-state index in [1.165, 1.54) is 0 Å². The van der Waals surface area contributed by atoms with E-state index in [1.54, 1.807) is 18.7 Å². The number of nitrogens with zero attached hydrogens (tertiary/aromatic N) is 4. The van der Waals surface area contributed by atoms with Gasteiger partial charge in [-0.15, -0.1) is 10.2 Å². The fourth-order valence-corrected chi connectivity index (χ4v) is 5.46. The lowest BCUT2D eigenvalue weighted by Gasteiger charge is -2.31. The molecule has 0 bridgehead atoms. The number of aromatic nitrogens is 3. The van der Waals surface area contributed by atoms with Crippen molar-refractivity contribution in [3.63, 3.8) is 0 Å². The molecule has 1 aliphatic rings. The number of amides is 1. The zero-order valence-electron chi connectivity index (χ0n) is 20.4. The summed E-state index contributed by atoms with van der Waals surface area (Å²) in [7, 11) is 0. The van der Waals surface area contributed by atoms with Crippen LogP contribution in [-0.2, 0) is 20.7 Å². The maximum absolute atomic E-state index is 12.8. The SMILES string of the molecule is CCOC(=O)C1CCCN(C(=O)CCCSc2nnc(Cc3ccccc3)n2-c2cccc(Cl)c2)C1. The number of rotatable bonds is 10. The zero-order chi connectivity index (χ0) is 25.3. The first kappa shape index (κ1) is 26.2. The minimum atomic E-state index is -0.212. The molecule has 1 amide bonds. The maximum atomic E-state index is 12.8. The summed E-state index contributed by atoms with van der Waals surface area (Å²) in [4.78, 5) is 26.7. The number of carbonyl (C=O) groups excluding carboxylic acids is 2. The number of hydrogen-bond acceptors (Lipinski definition) is 6. The van der Waals surface area contributed by atoms with E-state index < -0.39 is 0 Å². The van der Waals surface area contributed by atoms with E-state index in [1.807, 2.05) is 51.9 Å². The molecule has 1 fully saturated rings. The topological polar surface area (TPSA) is 77.3 Å². The Hall–Kier alpha value is -2.84. The molecular weight excluding hydrogens is 496 g/mol. The predicted octanol–water partition coefficient (Wildman–Crippen LogP) is 5.19. The van der Waals surface area contributed by atoms with Crippen molar-refractivity contribution < 1.29 is 14.3 Å². The van der Waals surface area contributed by atoms with Gasteiger partial charge in [0, 0.05) is 36.7 Å². The van der Waals surface area contributed by atoms with Crippen LogP contribution in [0.5, 0.6) is 0 Å². The largest absolute Gasteiger partial charge is 0.466 e. The Morgan fingerprint density at radius 1 is 1.14 bits per heavy atom. The van der Waals surface area contributed by atoms with Gasteiger partial charge in [0.05, 0.1) is 18.2 Å². The number of likely N-dealkylation sites (tertiary alicyclic amines) is 1. The lowest BCUT2D eigenvalue weighted by atomic mass is 9.98. The number of thioether (sulfide) groups is 1. The summed E-state index contributed by atoms with van der Waals surface area (Å²) in [5, 5.41) is 10.4. The van der Waals surface area contributed by atoms with Gasteiger partial charge in [-0.1, -0.05) is 59.8 Å². The van der Waals surface area contributed by atoms with Gasteiger partial charge < -0.3 is 9.64 Å². The Balaban J connectivity index is 1.37. The third-order valence-corrected chi connectivity index (χ3v) is 7.38. The van der Waals surface area contributed by atoms with Gasteiger partial charge in [-0.25, -0.2) is 0 Å². The number of halogens is 1. The zero-order valence-corrected chi connectivity index (χ0v) is 22.0. The van der Waals surface area contributed by atoms with Crippen LogP contribution in [-0.4, -0.2) is 57.0 Å². The molecule has 1 saturated heterocycles. The van der Waals surface area contributed by atoms with Crippen molar-refractivity contribution in [2.24, 2.45) is 5.92 Å². The molecule has 1 aromatic heterocycles. The summed E-state index contributed by atoms with van der Waals surface area (Å²) < 4.78 is 7.19. The van der Waals surface area contributed by atoms with E-state index in [9.17, 15) is 9.59 Å². The first-order valence-electron chi connectivity index (χ1n) is 12.4. The predicted molar refractivity (Wildman–Crippen MR) is 142 cm³/mol. The molecule has 0 spiro atoms. The molecule has 0 saturated carbocycles. The van der Waals surface area contributed by atoms with Gasteiger partial charge in [-0.05, 0) is 49.9 Å². The Labute approximate surface area is 221 Å². The first-order chi connectivity index (χ1) is 17.5. The highest BCUT2D eigenvalue weighted by Gasteiger charge is 2.29. The average Bonchev–Trinajstić information content (AvgIpc) is 3.29. The molecular formula is C27H31ClN4O3S. The summed E-state index contributed by atoms with van der Waals surface area (Å²) in [6, 6.07) is 17.8. The highest BCUT2D eigenvalue weighted by molar-refractivity contribution is 7.99. The lowest BCUT2D eigenvalue weighted by Crippen LogP contribution is -2.42. The summed E-state index contributed by atoms with van der Waals surface area (Å²) >= 11 is 7.86. The number of ether oxygens (including phenoxy) is 1. The Morgan fingerprint density at radius 3 is 2.75 bits per heavy atom. The number of benzene rings is 2. The van der Waals surface area contributed by atoms with Crippen LogP contribution in [0.25, 0.3) is 5.69 Å². The highest BCUT2D eigenvalue weighted by Crippen LogP contribution is 2.26. The number of piperidine rings is 1. The highest BCUT2D eigenvalue weighted by atomic mass is 35.5.